The Bertz CT molecular complexity index is 1010. The van der Waals surface area contributed by atoms with Crippen molar-refractivity contribution in [3.05, 3.63) is 63.0 Å². The first-order valence-electron chi connectivity index (χ1n) is 7.24. The van der Waals surface area contributed by atoms with Crippen molar-refractivity contribution in [2.24, 2.45) is 0 Å². The van der Waals surface area contributed by atoms with Gasteiger partial charge in [-0.15, -0.1) is 0 Å². The summed E-state index contributed by atoms with van der Waals surface area (Å²) in [5.41, 5.74) is -1.02. The molecule has 0 amide bonds. The van der Waals surface area contributed by atoms with Gasteiger partial charge in [-0.1, -0.05) is 12.1 Å². The number of hydrogen-bond donors (Lipinski definition) is 1. The number of nitro groups is 1. The van der Waals surface area contributed by atoms with Crippen LogP contribution in [-0.2, 0) is 0 Å². The second-order valence-corrected chi connectivity index (χ2v) is 5.06. The minimum atomic E-state index is -1.03. The summed E-state index contributed by atoms with van der Waals surface area (Å²) in [7, 11) is 2.97. The Kier molecular flexibility index (Phi) is 4.25. The van der Waals surface area contributed by atoms with Gasteiger partial charge in [-0.05, 0) is 24.3 Å². The molecule has 3 rings (SSSR count). The molecule has 1 aromatic heterocycles. The number of nitrogens with one attached hydrogen (secondary N) is 1. The average molecular weight is 342 g/mol. The Labute approximate surface area is 141 Å². The molecule has 1 N–H and O–H groups in total. The van der Waals surface area contributed by atoms with Crippen molar-refractivity contribution in [3.63, 3.8) is 0 Å². The molecule has 128 valence electrons. The van der Waals surface area contributed by atoms with E-state index in [1.165, 1.54) is 14.2 Å². The summed E-state index contributed by atoms with van der Waals surface area (Å²) in [6.45, 7) is 0. The fourth-order valence-corrected chi connectivity index (χ4v) is 2.48. The molecule has 0 aliphatic rings. The van der Waals surface area contributed by atoms with Crippen LogP contribution in [0.3, 0.4) is 0 Å². The van der Waals surface area contributed by atoms with Crippen LogP contribution >= 0.6 is 0 Å². The van der Waals surface area contributed by atoms with Crippen molar-refractivity contribution in [3.8, 4) is 11.5 Å². The summed E-state index contributed by atoms with van der Waals surface area (Å²) in [5.74, 6) is 0.964. The molecule has 0 fully saturated rings. The minimum Gasteiger partial charge on any atom is -0.497 e. The van der Waals surface area contributed by atoms with Gasteiger partial charge in [-0.25, -0.2) is 4.79 Å². The molecule has 0 bridgehead atoms. The van der Waals surface area contributed by atoms with Gasteiger partial charge in [-0.3, -0.25) is 10.1 Å². The lowest BCUT2D eigenvalue weighted by Crippen LogP contribution is -2.10. The van der Waals surface area contributed by atoms with Gasteiger partial charge in [0.1, 0.15) is 22.8 Å². The summed E-state index contributed by atoms with van der Waals surface area (Å²) >= 11 is 0. The van der Waals surface area contributed by atoms with E-state index in [-0.39, 0.29) is 11.3 Å². The molecule has 0 atom stereocenters. The van der Waals surface area contributed by atoms with E-state index in [0.717, 1.165) is 0 Å². The quantitative estimate of drug-likeness (QED) is 0.430. The lowest BCUT2D eigenvalue weighted by atomic mass is 10.1. The molecule has 0 radical (unpaired) electrons. The molecule has 0 saturated carbocycles. The number of hydrogen-bond acceptors (Lipinski definition) is 7. The molecular formula is C17H14N2O6. The highest BCUT2D eigenvalue weighted by atomic mass is 16.6. The largest absolute Gasteiger partial charge is 0.497 e. The summed E-state index contributed by atoms with van der Waals surface area (Å²) in [6, 6.07) is 11.5. The molecular weight excluding hydrogens is 328 g/mol. The summed E-state index contributed by atoms with van der Waals surface area (Å²) in [5, 5.41) is 14.7. The maximum atomic E-state index is 12.1. The maximum Gasteiger partial charge on any atom is 0.417 e. The molecule has 0 aliphatic carbocycles. The zero-order chi connectivity index (χ0) is 18.0. The molecule has 3 aromatic rings. The van der Waals surface area contributed by atoms with Crippen molar-refractivity contribution in [1.29, 1.82) is 0 Å². The van der Waals surface area contributed by atoms with Crippen LogP contribution in [0.25, 0.3) is 11.0 Å². The topological polar surface area (TPSA) is 104 Å². The first kappa shape index (κ1) is 16.3. The van der Waals surface area contributed by atoms with Crippen molar-refractivity contribution in [2.75, 3.05) is 19.5 Å². The Morgan fingerprint density at radius 3 is 2.56 bits per heavy atom. The van der Waals surface area contributed by atoms with Gasteiger partial charge in [0, 0.05) is 11.5 Å². The van der Waals surface area contributed by atoms with Crippen molar-refractivity contribution < 1.29 is 18.8 Å². The van der Waals surface area contributed by atoms with Crippen LogP contribution < -0.4 is 20.4 Å². The van der Waals surface area contributed by atoms with Crippen LogP contribution in [-0.4, -0.2) is 19.1 Å². The zero-order valence-electron chi connectivity index (χ0n) is 13.4. The van der Waals surface area contributed by atoms with E-state index < -0.39 is 16.2 Å². The van der Waals surface area contributed by atoms with Gasteiger partial charge in [0.2, 0.25) is 0 Å². The first-order chi connectivity index (χ1) is 12.0. The smallest absolute Gasteiger partial charge is 0.417 e. The first-order valence-corrected chi connectivity index (χ1v) is 7.24. The molecule has 2 aromatic carbocycles. The molecule has 0 unspecified atom stereocenters. The molecule has 0 spiro atoms. The van der Waals surface area contributed by atoms with Crippen molar-refractivity contribution in [2.45, 2.75) is 0 Å². The summed E-state index contributed by atoms with van der Waals surface area (Å²) in [4.78, 5) is 22.7. The number of benzene rings is 2. The second kappa shape index (κ2) is 6.52. The highest BCUT2D eigenvalue weighted by Gasteiger charge is 2.25. The number of ether oxygens (including phenoxy) is 2. The van der Waals surface area contributed by atoms with Crippen molar-refractivity contribution >= 4 is 28.0 Å². The van der Waals surface area contributed by atoms with Gasteiger partial charge in [0.15, 0.2) is 0 Å². The Balaban J connectivity index is 2.27. The van der Waals surface area contributed by atoms with Crippen LogP contribution in [0.5, 0.6) is 11.5 Å². The van der Waals surface area contributed by atoms with Crippen molar-refractivity contribution in [1.82, 2.24) is 0 Å². The maximum absolute atomic E-state index is 12.1. The van der Waals surface area contributed by atoms with Gasteiger partial charge in [-0.2, -0.15) is 0 Å². The van der Waals surface area contributed by atoms with E-state index in [4.69, 9.17) is 13.9 Å². The zero-order valence-corrected chi connectivity index (χ0v) is 13.4. The number of fused-ring (bicyclic) bond motifs is 1. The lowest BCUT2D eigenvalue weighted by Gasteiger charge is -2.13. The fourth-order valence-electron chi connectivity index (χ4n) is 2.48. The van der Waals surface area contributed by atoms with E-state index >= 15 is 0 Å². The highest BCUT2D eigenvalue weighted by molar-refractivity contribution is 5.96. The number of para-hydroxylation sites is 1. The molecule has 1 heterocycles. The standard InChI is InChI=1S/C17H14N2O6/c1-23-10-7-8-14(24-2)12(9-10)18-15-11-5-3-4-6-13(11)25-17(20)16(15)19(21)22/h3-9,18H,1-2H3. The van der Waals surface area contributed by atoms with Gasteiger partial charge < -0.3 is 19.2 Å². The van der Waals surface area contributed by atoms with E-state index in [1.54, 1.807) is 42.5 Å². The second-order valence-electron chi connectivity index (χ2n) is 5.06. The summed E-state index contributed by atoms with van der Waals surface area (Å²) in [6.07, 6.45) is 0. The average Bonchev–Trinajstić information content (AvgIpc) is 2.61. The molecule has 8 heteroatoms. The normalized spacial score (nSPS) is 10.5. The third-order valence-electron chi connectivity index (χ3n) is 3.64. The fraction of sp³-hybridized carbons (Fsp3) is 0.118. The Hall–Kier alpha value is -3.55. The number of anilines is 2. The monoisotopic (exact) mass is 342 g/mol. The van der Waals surface area contributed by atoms with E-state index in [1.807, 2.05) is 0 Å². The minimum absolute atomic E-state index is 0.0309. The predicted molar refractivity (Wildman–Crippen MR) is 92.0 cm³/mol. The van der Waals surface area contributed by atoms with Crippen LogP contribution in [0.2, 0.25) is 0 Å². The van der Waals surface area contributed by atoms with E-state index in [2.05, 4.69) is 5.32 Å². The molecule has 0 saturated heterocycles. The molecule has 8 nitrogen and oxygen atoms in total. The predicted octanol–water partition coefficient (Wildman–Crippen LogP) is 3.46. The van der Waals surface area contributed by atoms with Crippen LogP contribution in [0.4, 0.5) is 17.1 Å². The van der Waals surface area contributed by atoms with Gasteiger partial charge in [0.05, 0.1) is 24.8 Å². The highest BCUT2D eigenvalue weighted by Crippen LogP contribution is 2.37. The van der Waals surface area contributed by atoms with E-state index in [9.17, 15) is 14.9 Å². The van der Waals surface area contributed by atoms with Gasteiger partial charge in [0.25, 0.3) is 0 Å². The van der Waals surface area contributed by atoms with Gasteiger partial charge >= 0.3 is 11.3 Å². The van der Waals surface area contributed by atoms with Crippen LogP contribution in [0.1, 0.15) is 0 Å². The van der Waals surface area contributed by atoms with Crippen LogP contribution in [0, 0.1) is 10.1 Å². The third kappa shape index (κ3) is 2.97. The molecule has 0 aliphatic heterocycles. The van der Waals surface area contributed by atoms with Crippen LogP contribution in [0.15, 0.2) is 51.7 Å². The van der Waals surface area contributed by atoms with E-state index in [0.29, 0.717) is 22.6 Å². The number of rotatable bonds is 5. The lowest BCUT2D eigenvalue weighted by molar-refractivity contribution is -0.386. The third-order valence-corrected chi connectivity index (χ3v) is 3.64. The number of methoxy groups -OCH3 is 2. The molecule has 25 heavy (non-hydrogen) atoms. The summed E-state index contributed by atoms with van der Waals surface area (Å²) < 4.78 is 15.5. The SMILES string of the molecule is COc1ccc(OC)c(Nc2c([N+](=O)[O-])c(=O)oc3ccccc23)c1. The Morgan fingerprint density at radius 2 is 1.88 bits per heavy atom. The Morgan fingerprint density at radius 1 is 1.12 bits per heavy atom. The number of nitrogens with zero attached hydrogens (tertiary/aromatic N) is 1.